The van der Waals surface area contributed by atoms with Gasteiger partial charge in [-0.3, -0.25) is 5.01 Å². The van der Waals surface area contributed by atoms with Crippen LogP contribution in [0.15, 0.2) is 23.5 Å². The lowest BCUT2D eigenvalue weighted by molar-refractivity contribution is -0.0765. The van der Waals surface area contributed by atoms with Crippen molar-refractivity contribution in [2.24, 2.45) is 40.9 Å². The second-order valence-corrected chi connectivity index (χ2v) is 14.1. The average Bonchev–Trinajstić information content (AvgIpc) is 3.53. The summed E-state index contributed by atoms with van der Waals surface area (Å²) in [5.74, 6) is 4.88. The first kappa shape index (κ1) is 23.1. The highest BCUT2D eigenvalue weighted by Gasteiger charge is 2.59. The molecule has 5 nitrogen and oxygen atoms in total. The van der Waals surface area contributed by atoms with E-state index in [0.29, 0.717) is 29.5 Å². The van der Waals surface area contributed by atoms with Crippen molar-refractivity contribution in [3.8, 4) is 0 Å². The second-order valence-electron chi connectivity index (χ2n) is 14.1. The molecule has 0 aromatic heterocycles. The molecule has 2 saturated heterocycles. The summed E-state index contributed by atoms with van der Waals surface area (Å²) in [5, 5.41) is 6.21. The maximum absolute atomic E-state index is 7.08. The summed E-state index contributed by atoms with van der Waals surface area (Å²) in [6, 6.07) is 1.21. The van der Waals surface area contributed by atoms with Gasteiger partial charge in [-0.15, -0.1) is 5.53 Å². The van der Waals surface area contributed by atoms with Gasteiger partial charge in [0.05, 0.1) is 11.7 Å². The van der Waals surface area contributed by atoms with Gasteiger partial charge in [0.1, 0.15) is 0 Å². The van der Waals surface area contributed by atoms with Crippen molar-refractivity contribution in [3.63, 3.8) is 0 Å². The van der Waals surface area contributed by atoms with E-state index in [1.165, 1.54) is 70.8 Å². The Morgan fingerprint density at radius 1 is 1.09 bits per heavy atom. The summed E-state index contributed by atoms with van der Waals surface area (Å²) in [7, 11) is 0. The average molecular weight is 481 g/mol. The van der Waals surface area contributed by atoms with Crippen molar-refractivity contribution in [3.05, 3.63) is 23.5 Å². The Morgan fingerprint density at radius 3 is 2.80 bits per heavy atom. The summed E-state index contributed by atoms with van der Waals surface area (Å²) in [4.78, 5) is 0. The molecule has 5 heteroatoms. The lowest BCUT2D eigenvalue weighted by atomic mass is 9.52. The van der Waals surface area contributed by atoms with Crippen molar-refractivity contribution in [2.45, 2.75) is 116 Å². The van der Waals surface area contributed by atoms with Crippen molar-refractivity contribution >= 4 is 0 Å². The molecule has 3 saturated carbocycles. The van der Waals surface area contributed by atoms with Gasteiger partial charge in [0.2, 0.25) is 0 Å². The van der Waals surface area contributed by atoms with Crippen LogP contribution >= 0.6 is 0 Å². The third kappa shape index (κ3) is 3.43. The predicted molar refractivity (Wildman–Crippen MR) is 140 cm³/mol. The Labute approximate surface area is 212 Å². The molecule has 4 aliphatic carbocycles. The van der Waals surface area contributed by atoms with Gasteiger partial charge in [-0.1, -0.05) is 31.9 Å². The van der Waals surface area contributed by atoms with Gasteiger partial charge in [-0.2, -0.15) is 0 Å². The van der Waals surface area contributed by atoms with Crippen LogP contribution in [0, 0.1) is 40.9 Å². The molecule has 194 valence electrons. The van der Waals surface area contributed by atoms with Crippen LogP contribution in [-0.2, 0) is 4.74 Å². The number of hydrazine groups is 2. The minimum absolute atomic E-state index is 0.0761. The molecule has 11 atom stereocenters. The van der Waals surface area contributed by atoms with Gasteiger partial charge in [-0.25, -0.2) is 0 Å². The highest BCUT2D eigenvalue weighted by atomic mass is 16.5. The van der Waals surface area contributed by atoms with Crippen LogP contribution in [-0.4, -0.2) is 35.3 Å². The molecular formula is C30H48N4O. The number of piperidine rings is 1. The molecular weight excluding hydrogens is 432 g/mol. The van der Waals surface area contributed by atoms with E-state index in [9.17, 15) is 0 Å². The third-order valence-corrected chi connectivity index (χ3v) is 12.5. The van der Waals surface area contributed by atoms with Crippen LogP contribution in [0.4, 0.5) is 0 Å². The molecule has 3 aliphatic heterocycles. The number of nitrogens with zero attached hydrogens (tertiary/aromatic N) is 1. The number of nitrogens with one attached hydrogen (secondary N) is 3. The van der Waals surface area contributed by atoms with E-state index in [4.69, 9.17) is 4.74 Å². The lowest BCUT2D eigenvalue weighted by Gasteiger charge is -2.55. The van der Waals surface area contributed by atoms with Gasteiger partial charge in [0.25, 0.3) is 0 Å². The summed E-state index contributed by atoms with van der Waals surface area (Å²) in [6.07, 6.45) is 18.0. The molecule has 0 aromatic carbocycles. The van der Waals surface area contributed by atoms with Crippen LogP contribution in [0.5, 0.6) is 0 Å². The molecule has 3 N–H and O–H groups in total. The van der Waals surface area contributed by atoms with Crippen LogP contribution in [0.25, 0.3) is 0 Å². The van der Waals surface area contributed by atoms with E-state index in [1.54, 1.807) is 5.57 Å². The quantitative estimate of drug-likeness (QED) is 0.446. The normalized spacial score (nSPS) is 53.1. The molecule has 35 heavy (non-hydrogen) atoms. The van der Waals surface area contributed by atoms with E-state index in [-0.39, 0.29) is 5.60 Å². The fraction of sp³-hybridized carbons (Fsp3) is 0.867. The summed E-state index contributed by atoms with van der Waals surface area (Å²) >= 11 is 0. The van der Waals surface area contributed by atoms with Crippen LogP contribution < -0.4 is 16.3 Å². The molecule has 0 radical (unpaired) electrons. The zero-order valence-corrected chi connectivity index (χ0v) is 22.5. The predicted octanol–water partition coefficient (Wildman–Crippen LogP) is 5.28. The van der Waals surface area contributed by atoms with Crippen molar-refractivity contribution in [1.29, 1.82) is 0 Å². The van der Waals surface area contributed by atoms with Gasteiger partial charge in [0.15, 0.2) is 0 Å². The first-order chi connectivity index (χ1) is 16.9. The number of allylic oxidation sites excluding steroid dienone is 1. The van der Waals surface area contributed by atoms with Crippen LogP contribution in [0.3, 0.4) is 0 Å². The molecule has 3 heterocycles. The molecule has 0 aromatic rings. The Hall–Kier alpha value is -1.04. The third-order valence-electron chi connectivity index (χ3n) is 12.5. The highest BCUT2D eigenvalue weighted by Crippen LogP contribution is 2.65. The topological polar surface area (TPSA) is 48.6 Å². The monoisotopic (exact) mass is 480 g/mol. The maximum atomic E-state index is 7.08. The standard InChI is InChI=1S/C30H48N4O/c1-18-13-27-28(31-17-18)20(3)30(35-27)10-8-23-24-6-5-21-14-22(34-12-11-32-33-34)7-9-29(21,4)26(24)15-25(23)19(2)16-30/h11-12,18,20-24,26-28,31-33H,5-10,13-17H2,1-4H3/t18-,20+,21+,22+,23-,24-,26-,27+,28-,29-,30-/m0/s1. The molecule has 7 rings (SSSR count). The van der Waals surface area contributed by atoms with Gasteiger partial charge >= 0.3 is 0 Å². The molecule has 0 amide bonds. The van der Waals surface area contributed by atoms with Crippen molar-refractivity contribution in [1.82, 2.24) is 21.3 Å². The van der Waals surface area contributed by atoms with E-state index in [0.717, 1.165) is 29.6 Å². The highest BCUT2D eigenvalue weighted by molar-refractivity contribution is 5.29. The van der Waals surface area contributed by atoms with Gasteiger partial charge < -0.3 is 15.5 Å². The maximum Gasteiger partial charge on any atom is 0.0765 e. The first-order valence-electron chi connectivity index (χ1n) is 14.9. The summed E-state index contributed by atoms with van der Waals surface area (Å²) < 4.78 is 7.08. The van der Waals surface area contributed by atoms with Gasteiger partial charge in [0, 0.05) is 30.4 Å². The van der Waals surface area contributed by atoms with E-state index >= 15 is 0 Å². The largest absolute Gasteiger partial charge is 0.369 e. The van der Waals surface area contributed by atoms with Crippen LogP contribution in [0.1, 0.15) is 91.9 Å². The fourth-order valence-electron chi connectivity index (χ4n) is 10.5. The van der Waals surface area contributed by atoms with E-state index in [1.807, 2.05) is 11.8 Å². The first-order valence-corrected chi connectivity index (χ1v) is 14.9. The fourth-order valence-corrected chi connectivity index (χ4v) is 10.5. The lowest BCUT2D eigenvalue weighted by Crippen LogP contribution is -2.52. The van der Waals surface area contributed by atoms with Crippen molar-refractivity contribution in [2.75, 3.05) is 6.54 Å². The summed E-state index contributed by atoms with van der Waals surface area (Å²) in [5.41, 5.74) is 10.7. The molecule has 5 fully saturated rings. The number of ether oxygens (including phenoxy) is 1. The van der Waals surface area contributed by atoms with Crippen molar-refractivity contribution < 1.29 is 4.74 Å². The number of rotatable bonds is 1. The Balaban J connectivity index is 1.12. The molecule has 7 aliphatic rings. The molecule has 1 spiro atoms. The smallest absolute Gasteiger partial charge is 0.0765 e. The van der Waals surface area contributed by atoms with Crippen LogP contribution in [0.2, 0.25) is 0 Å². The molecule has 0 bridgehead atoms. The molecule has 0 unspecified atom stereocenters. The number of hydrogen-bond acceptors (Lipinski definition) is 5. The minimum atomic E-state index is 0.0761. The van der Waals surface area contributed by atoms with Gasteiger partial charge in [-0.05, 0) is 113 Å². The SMILES string of the molecule is CC1=C2C[C@H]3[C@@H](CC[C@@H]4C[C@H](N5C=CNN5)CC[C@@]43C)[C@@H]2CC[C@@]2(C1)O[C@@H]1C[C@H](C)CN[C@H]1[C@H]2C. The van der Waals surface area contributed by atoms with E-state index in [2.05, 4.69) is 55.2 Å². The number of fused-ring (bicyclic) bond motifs is 6. The zero-order valence-electron chi connectivity index (χ0n) is 22.5. The zero-order chi connectivity index (χ0) is 23.9. The summed E-state index contributed by atoms with van der Waals surface area (Å²) in [6.45, 7) is 11.2. The van der Waals surface area contributed by atoms with E-state index < -0.39 is 0 Å². The Morgan fingerprint density at radius 2 is 1.97 bits per heavy atom. The minimum Gasteiger partial charge on any atom is -0.369 e. The Bertz CT molecular complexity index is 916. The number of hydrogen-bond donors (Lipinski definition) is 3. The second kappa shape index (κ2) is 8.23. The Kier molecular flexibility index (Phi) is 5.43.